The Hall–Kier alpha value is -1.46. The number of carbonyl (C=O) groups excluding carboxylic acids is 1. The van der Waals surface area contributed by atoms with Crippen molar-refractivity contribution >= 4 is 11.7 Å². The van der Waals surface area contributed by atoms with Crippen molar-refractivity contribution < 1.29 is 4.79 Å². The fraction of sp³-hybridized carbons (Fsp3) is 0.600. The average molecular weight is 276 g/mol. The third-order valence-corrected chi connectivity index (χ3v) is 3.68. The number of carbonyl (C=O) groups is 1. The van der Waals surface area contributed by atoms with E-state index in [1.54, 1.807) is 6.20 Å². The molecule has 0 bridgehead atoms. The molecule has 0 radical (unpaired) electrons. The number of aromatic nitrogens is 1. The van der Waals surface area contributed by atoms with Gasteiger partial charge in [-0.3, -0.25) is 9.69 Å². The molecule has 1 aliphatic heterocycles. The highest BCUT2D eigenvalue weighted by molar-refractivity contribution is 5.91. The van der Waals surface area contributed by atoms with E-state index >= 15 is 0 Å². The molecule has 0 atom stereocenters. The standard InChI is InChI=1S/C15H24N4O/c1-12(2)13-4-5-16-14(10-13)17-15(20)11-19-8-6-18(3)7-9-19/h4-5,10,12H,6-9,11H2,1-3H3,(H,16,17,20). The number of piperazine rings is 1. The average Bonchev–Trinajstić information content (AvgIpc) is 2.41. The largest absolute Gasteiger partial charge is 0.310 e. The lowest BCUT2D eigenvalue weighted by atomic mass is 10.1. The number of likely N-dealkylation sites (N-methyl/N-ethyl adjacent to an activating group) is 1. The molecule has 0 spiro atoms. The molecule has 1 N–H and O–H groups in total. The zero-order chi connectivity index (χ0) is 14.5. The minimum Gasteiger partial charge on any atom is -0.310 e. The Balaban J connectivity index is 1.86. The van der Waals surface area contributed by atoms with Gasteiger partial charge in [-0.1, -0.05) is 13.8 Å². The first-order valence-electron chi connectivity index (χ1n) is 7.21. The molecule has 20 heavy (non-hydrogen) atoms. The van der Waals surface area contributed by atoms with E-state index in [4.69, 9.17) is 0 Å². The molecule has 1 saturated heterocycles. The molecule has 1 aromatic heterocycles. The second-order valence-electron chi connectivity index (χ2n) is 5.76. The van der Waals surface area contributed by atoms with Gasteiger partial charge < -0.3 is 10.2 Å². The second kappa shape index (κ2) is 6.81. The fourth-order valence-electron chi connectivity index (χ4n) is 2.27. The van der Waals surface area contributed by atoms with Gasteiger partial charge in [0.25, 0.3) is 0 Å². The molecule has 1 aromatic rings. The predicted molar refractivity (Wildman–Crippen MR) is 80.9 cm³/mol. The van der Waals surface area contributed by atoms with E-state index < -0.39 is 0 Å². The van der Waals surface area contributed by atoms with Gasteiger partial charge in [0.15, 0.2) is 0 Å². The Morgan fingerprint density at radius 2 is 2.05 bits per heavy atom. The van der Waals surface area contributed by atoms with Crippen molar-refractivity contribution in [2.45, 2.75) is 19.8 Å². The Bertz CT molecular complexity index is 453. The molecule has 2 rings (SSSR count). The van der Waals surface area contributed by atoms with Crippen molar-refractivity contribution in [3.05, 3.63) is 23.9 Å². The number of pyridine rings is 1. The molecule has 1 amide bonds. The van der Waals surface area contributed by atoms with Crippen molar-refractivity contribution in [2.75, 3.05) is 45.1 Å². The summed E-state index contributed by atoms with van der Waals surface area (Å²) in [5.41, 5.74) is 1.19. The third kappa shape index (κ3) is 4.28. The van der Waals surface area contributed by atoms with Crippen LogP contribution in [0.3, 0.4) is 0 Å². The van der Waals surface area contributed by atoms with Crippen LogP contribution in [0, 0.1) is 0 Å². The summed E-state index contributed by atoms with van der Waals surface area (Å²) in [5.74, 6) is 1.10. The van der Waals surface area contributed by atoms with Gasteiger partial charge in [0.05, 0.1) is 6.54 Å². The molecule has 0 saturated carbocycles. The predicted octanol–water partition coefficient (Wildman–Crippen LogP) is 1.39. The van der Waals surface area contributed by atoms with Gasteiger partial charge in [0.1, 0.15) is 5.82 Å². The first kappa shape index (κ1) is 14.9. The van der Waals surface area contributed by atoms with Crippen LogP contribution in [-0.4, -0.2) is 60.5 Å². The zero-order valence-electron chi connectivity index (χ0n) is 12.6. The highest BCUT2D eigenvalue weighted by Crippen LogP contribution is 2.16. The van der Waals surface area contributed by atoms with Crippen LogP contribution in [0.1, 0.15) is 25.3 Å². The number of anilines is 1. The van der Waals surface area contributed by atoms with Gasteiger partial charge in [0, 0.05) is 32.4 Å². The first-order chi connectivity index (χ1) is 9.54. The normalized spacial score (nSPS) is 17.4. The SMILES string of the molecule is CC(C)c1ccnc(NC(=O)CN2CCN(C)CC2)c1. The summed E-state index contributed by atoms with van der Waals surface area (Å²) < 4.78 is 0. The van der Waals surface area contributed by atoms with E-state index in [1.807, 2.05) is 12.1 Å². The molecular weight excluding hydrogens is 252 g/mol. The number of amides is 1. The van der Waals surface area contributed by atoms with Crippen LogP contribution in [-0.2, 0) is 4.79 Å². The molecule has 2 heterocycles. The van der Waals surface area contributed by atoms with Gasteiger partial charge >= 0.3 is 0 Å². The van der Waals surface area contributed by atoms with Crippen LogP contribution < -0.4 is 5.32 Å². The molecule has 0 aromatic carbocycles. The van der Waals surface area contributed by atoms with E-state index in [0.717, 1.165) is 26.2 Å². The molecule has 5 heteroatoms. The number of nitrogens with zero attached hydrogens (tertiary/aromatic N) is 3. The van der Waals surface area contributed by atoms with E-state index in [2.05, 4.69) is 41.0 Å². The Morgan fingerprint density at radius 1 is 1.35 bits per heavy atom. The van der Waals surface area contributed by atoms with Crippen LogP contribution in [0.25, 0.3) is 0 Å². The van der Waals surface area contributed by atoms with E-state index in [-0.39, 0.29) is 5.91 Å². The lowest BCUT2D eigenvalue weighted by Gasteiger charge is -2.31. The summed E-state index contributed by atoms with van der Waals surface area (Å²) in [6, 6.07) is 3.94. The second-order valence-corrected chi connectivity index (χ2v) is 5.76. The minimum absolute atomic E-state index is 0.0166. The van der Waals surface area contributed by atoms with E-state index in [0.29, 0.717) is 18.3 Å². The maximum atomic E-state index is 12.0. The first-order valence-corrected chi connectivity index (χ1v) is 7.21. The molecule has 110 valence electrons. The van der Waals surface area contributed by atoms with Crippen molar-refractivity contribution in [3.63, 3.8) is 0 Å². The summed E-state index contributed by atoms with van der Waals surface area (Å²) >= 11 is 0. The van der Waals surface area contributed by atoms with Gasteiger partial charge in [-0.05, 0) is 30.7 Å². The minimum atomic E-state index is 0.0166. The number of rotatable bonds is 4. The van der Waals surface area contributed by atoms with Crippen LogP contribution in [0.2, 0.25) is 0 Å². The lowest BCUT2D eigenvalue weighted by Crippen LogP contribution is -2.47. The summed E-state index contributed by atoms with van der Waals surface area (Å²) in [4.78, 5) is 20.7. The fourth-order valence-corrected chi connectivity index (χ4v) is 2.27. The van der Waals surface area contributed by atoms with Crippen molar-refractivity contribution in [3.8, 4) is 0 Å². The zero-order valence-corrected chi connectivity index (χ0v) is 12.6. The Labute approximate surface area is 121 Å². The third-order valence-electron chi connectivity index (χ3n) is 3.68. The summed E-state index contributed by atoms with van der Waals surface area (Å²) in [6.45, 7) is 8.65. The summed E-state index contributed by atoms with van der Waals surface area (Å²) in [5, 5.41) is 2.89. The van der Waals surface area contributed by atoms with Crippen LogP contribution in [0.15, 0.2) is 18.3 Å². The van der Waals surface area contributed by atoms with Crippen molar-refractivity contribution in [2.24, 2.45) is 0 Å². The van der Waals surface area contributed by atoms with Gasteiger partial charge in [0.2, 0.25) is 5.91 Å². The maximum Gasteiger partial charge on any atom is 0.239 e. The smallest absolute Gasteiger partial charge is 0.239 e. The Kier molecular flexibility index (Phi) is 5.09. The molecule has 1 fully saturated rings. The van der Waals surface area contributed by atoms with Crippen molar-refractivity contribution in [1.29, 1.82) is 0 Å². The molecule has 1 aliphatic rings. The van der Waals surface area contributed by atoms with Crippen LogP contribution >= 0.6 is 0 Å². The van der Waals surface area contributed by atoms with E-state index in [9.17, 15) is 4.79 Å². The number of hydrogen-bond acceptors (Lipinski definition) is 4. The maximum absolute atomic E-state index is 12.0. The summed E-state index contributed by atoms with van der Waals surface area (Å²) in [7, 11) is 2.11. The van der Waals surface area contributed by atoms with Crippen molar-refractivity contribution in [1.82, 2.24) is 14.8 Å². The molecule has 0 unspecified atom stereocenters. The lowest BCUT2D eigenvalue weighted by molar-refractivity contribution is -0.117. The highest BCUT2D eigenvalue weighted by Gasteiger charge is 2.16. The number of nitrogens with one attached hydrogen (secondary N) is 1. The van der Waals surface area contributed by atoms with E-state index in [1.165, 1.54) is 5.56 Å². The van der Waals surface area contributed by atoms with Crippen LogP contribution in [0.4, 0.5) is 5.82 Å². The topological polar surface area (TPSA) is 48.5 Å². The molecule has 5 nitrogen and oxygen atoms in total. The van der Waals surface area contributed by atoms with Gasteiger partial charge in [-0.25, -0.2) is 4.98 Å². The number of hydrogen-bond donors (Lipinski definition) is 1. The molecular formula is C15H24N4O. The monoisotopic (exact) mass is 276 g/mol. The Morgan fingerprint density at radius 3 is 2.70 bits per heavy atom. The highest BCUT2D eigenvalue weighted by atomic mass is 16.2. The summed E-state index contributed by atoms with van der Waals surface area (Å²) in [6.07, 6.45) is 1.75. The molecule has 0 aliphatic carbocycles. The van der Waals surface area contributed by atoms with Gasteiger partial charge in [-0.2, -0.15) is 0 Å². The van der Waals surface area contributed by atoms with Crippen LogP contribution in [0.5, 0.6) is 0 Å². The van der Waals surface area contributed by atoms with Gasteiger partial charge in [-0.15, -0.1) is 0 Å². The quantitative estimate of drug-likeness (QED) is 0.903.